The van der Waals surface area contributed by atoms with Crippen molar-refractivity contribution < 1.29 is 4.42 Å². The Labute approximate surface area is 300 Å². The van der Waals surface area contributed by atoms with Crippen LogP contribution in [0.25, 0.3) is 109 Å². The Morgan fingerprint density at radius 1 is 0.481 bits per heavy atom. The fourth-order valence-electron chi connectivity index (χ4n) is 8.39. The van der Waals surface area contributed by atoms with Crippen molar-refractivity contribution in [2.24, 2.45) is 0 Å². The van der Waals surface area contributed by atoms with Crippen LogP contribution in [0, 0.1) is 0 Å². The van der Waals surface area contributed by atoms with E-state index >= 15 is 0 Å². The summed E-state index contributed by atoms with van der Waals surface area (Å²) in [4.78, 5) is 10.3. The SMILES string of the molecule is c1ccc2c(c1)oc1ccc(-c3ccc4sc5cnc(-n6c7ccccc7c7ccccc76)nc5c4c3)c(-n3c4ccccc4c4ccccc43)c12. The van der Waals surface area contributed by atoms with E-state index in [0.29, 0.717) is 5.95 Å². The highest BCUT2D eigenvalue weighted by Crippen LogP contribution is 2.45. The molecular weight excluding hydrogens is 657 g/mol. The summed E-state index contributed by atoms with van der Waals surface area (Å²) in [5.41, 5.74) is 10.6. The lowest BCUT2D eigenvalue weighted by molar-refractivity contribution is 0.669. The van der Waals surface area contributed by atoms with Crippen LogP contribution < -0.4 is 0 Å². The van der Waals surface area contributed by atoms with E-state index in [0.717, 1.165) is 76.4 Å². The van der Waals surface area contributed by atoms with Crippen molar-refractivity contribution in [2.75, 3.05) is 0 Å². The molecule has 5 aromatic heterocycles. The van der Waals surface area contributed by atoms with Crippen LogP contribution in [0.2, 0.25) is 0 Å². The molecule has 6 heteroatoms. The predicted octanol–water partition coefficient (Wildman–Crippen LogP) is 12.6. The first-order valence-electron chi connectivity index (χ1n) is 17.4. The summed E-state index contributed by atoms with van der Waals surface area (Å²) >= 11 is 1.74. The van der Waals surface area contributed by atoms with Crippen LogP contribution in [-0.4, -0.2) is 19.1 Å². The molecule has 0 saturated carbocycles. The average molecular weight is 683 g/mol. The average Bonchev–Trinajstić information content (AvgIpc) is 3.95. The van der Waals surface area contributed by atoms with Crippen molar-refractivity contribution in [1.29, 1.82) is 0 Å². The monoisotopic (exact) mass is 682 g/mol. The van der Waals surface area contributed by atoms with Crippen molar-refractivity contribution in [3.63, 3.8) is 0 Å². The summed E-state index contributed by atoms with van der Waals surface area (Å²) in [6, 6.07) is 53.9. The number of hydrogen-bond donors (Lipinski definition) is 0. The van der Waals surface area contributed by atoms with Crippen LogP contribution in [0.1, 0.15) is 0 Å². The second-order valence-corrected chi connectivity index (χ2v) is 14.5. The molecule has 12 aromatic rings. The summed E-state index contributed by atoms with van der Waals surface area (Å²) in [5, 5.41) is 8.16. The van der Waals surface area contributed by atoms with E-state index in [-0.39, 0.29) is 0 Å². The molecule has 0 radical (unpaired) electrons. The van der Waals surface area contributed by atoms with Gasteiger partial charge in [-0.25, -0.2) is 9.97 Å². The highest BCUT2D eigenvalue weighted by atomic mass is 32.1. The number of benzene rings is 7. The highest BCUT2D eigenvalue weighted by molar-refractivity contribution is 7.25. The minimum Gasteiger partial charge on any atom is -0.456 e. The largest absolute Gasteiger partial charge is 0.456 e. The molecule has 0 atom stereocenters. The fraction of sp³-hybridized carbons (Fsp3) is 0. The van der Waals surface area contributed by atoms with Gasteiger partial charge >= 0.3 is 0 Å². The van der Waals surface area contributed by atoms with E-state index in [4.69, 9.17) is 14.4 Å². The zero-order valence-electron chi connectivity index (χ0n) is 27.6. The van der Waals surface area contributed by atoms with Crippen LogP contribution in [0.3, 0.4) is 0 Å². The molecule has 52 heavy (non-hydrogen) atoms. The number of fused-ring (bicyclic) bond motifs is 12. The first-order valence-corrected chi connectivity index (χ1v) is 18.2. The maximum atomic E-state index is 6.50. The number of thiophene rings is 1. The number of para-hydroxylation sites is 5. The maximum absolute atomic E-state index is 6.50. The van der Waals surface area contributed by atoms with Crippen LogP contribution in [0.4, 0.5) is 0 Å². The summed E-state index contributed by atoms with van der Waals surface area (Å²) < 4.78 is 13.4. The van der Waals surface area contributed by atoms with Gasteiger partial charge in [0.25, 0.3) is 0 Å². The minimum absolute atomic E-state index is 0.673. The van der Waals surface area contributed by atoms with Crippen molar-refractivity contribution in [2.45, 2.75) is 0 Å². The molecule has 0 N–H and O–H groups in total. The van der Waals surface area contributed by atoms with Crippen LogP contribution >= 0.6 is 11.3 Å². The van der Waals surface area contributed by atoms with Crippen molar-refractivity contribution >= 4 is 97.2 Å². The van der Waals surface area contributed by atoms with Crippen LogP contribution in [0.5, 0.6) is 0 Å². The van der Waals surface area contributed by atoms with Gasteiger partial charge in [-0.15, -0.1) is 11.3 Å². The predicted molar refractivity (Wildman–Crippen MR) is 216 cm³/mol. The normalized spacial score (nSPS) is 12.2. The second-order valence-electron chi connectivity index (χ2n) is 13.4. The van der Waals surface area contributed by atoms with Crippen molar-refractivity contribution in [3.8, 4) is 22.8 Å². The molecule has 5 nitrogen and oxygen atoms in total. The lowest BCUT2D eigenvalue weighted by Gasteiger charge is -2.16. The standard InChI is InChI=1S/C46H26N4OS/c1-6-16-35-29(11-1)30-12-2-7-17-36(30)49(35)45-28(22-23-40-43(45)33-15-5-10-20-39(33)51-40)27-21-24-41-34(25-27)44-42(52-41)26-47-46(48-44)50-37-18-8-3-13-31(37)32-14-4-9-19-38(32)50/h1-26H. The lowest BCUT2D eigenvalue weighted by atomic mass is 9.98. The third-order valence-electron chi connectivity index (χ3n) is 10.6. The Morgan fingerprint density at radius 3 is 1.71 bits per heavy atom. The molecule has 0 amide bonds. The molecule has 12 rings (SSSR count). The maximum Gasteiger partial charge on any atom is 0.235 e. The van der Waals surface area contributed by atoms with Gasteiger partial charge < -0.3 is 8.98 Å². The zero-order valence-corrected chi connectivity index (χ0v) is 28.4. The van der Waals surface area contributed by atoms with Crippen LogP contribution in [-0.2, 0) is 0 Å². The molecule has 0 aliphatic heterocycles. The smallest absolute Gasteiger partial charge is 0.235 e. The molecule has 0 fully saturated rings. The van der Waals surface area contributed by atoms with Gasteiger partial charge in [0.05, 0.1) is 49.6 Å². The highest BCUT2D eigenvalue weighted by Gasteiger charge is 2.22. The lowest BCUT2D eigenvalue weighted by Crippen LogP contribution is -2.00. The summed E-state index contributed by atoms with van der Waals surface area (Å²) in [5.74, 6) is 0.673. The molecule has 0 spiro atoms. The van der Waals surface area contributed by atoms with E-state index in [1.54, 1.807) is 11.3 Å². The summed E-state index contributed by atoms with van der Waals surface area (Å²) in [7, 11) is 0. The van der Waals surface area contributed by atoms with Gasteiger partial charge in [-0.1, -0.05) is 97.1 Å². The first-order chi connectivity index (χ1) is 25.8. The molecule has 0 unspecified atom stereocenters. The van der Waals surface area contributed by atoms with Gasteiger partial charge in [-0.3, -0.25) is 4.57 Å². The van der Waals surface area contributed by atoms with Gasteiger partial charge in [0.15, 0.2) is 0 Å². The van der Waals surface area contributed by atoms with Gasteiger partial charge in [0.1, 0.15) is 11.2 Å². The molecule has 242 valence electrons. The first kappa shape index (κ1) is 28.0. The second kappa shape index (κ2) is 10.4. The third kappa shape index (κ3) is 3.76. The summed E-state index contributed by atoms with van der Waals surface area (Å²) in [6.45, 7) is 0. The van der Waals surface area contributed by atoms with Crippen molar-refractivity contribution in [1.82, 2.24) is 19.1 Å². The van der Waals surface area contributed by atoms with Gasteiger partial charge in [-0.2, -0.15) is 0 Å². The van der Waals surface area contributed by atoms with E-state index in [9.17, 15) is 0 Å². The Hall–Kier alpha value is -6.76. The third-order valence-corrected chi connectivity index (χ3v) is 11.7. The molecular formula is C46H26N4OS. The van der Waals surface area contributed by atoms with Crippen LogP contribution in [0.15, 0.2) is 162 Å². The molecule has 0 saturated heterocycles. The van der Waals surface area contributed by atoms with Crippen molar-refractivity contribution in [3.05, 3.63) is 158 Å². The number of rotatable bonds is 3. The van der Waals surface area contributed by atoms with E-state index in [1.807, 2.05) is 12.3 Å². The Bertz CT molecular complexity index is 3330. The Kier molecular flexibility index (Phi) is 5.59. The van der Waals surface area contributed by atoms with Gasteiger partial charge in [0, 0.05) is 42.6 Å². The molecule has 0 aliphatic rings. The topological polar surface area (TPSA) is 48.8 Å². The number of aromatic nitrogens is 4. The van der Waals surface area contributed by atoms with E-state index < -0.39 is 0 Å². The quantitative estimate of drug-likeness (QED) is 0.186. The number of hydrogen-bond acceptors (Lipinski definition) is 4. The van der Waals surface area contributed by atoms with Gasteiger partial charge in [0.2, 0.25) is 5.95 Å². The Morgan fingerprint density at radius 2 is 1.06 bits per heavy atom. The molecule has 0 bridgehead atoms. The summed E-state index contributed by atoms with van der Waals surface area (Å²) in [6.07, 6.45) is 1.98. The minimum atomic E-state index is 0.673. The number of furan rings is 1. The fourth-order valence-corrected chi connectivity index (χ4v) is 9.39. The Balaban J connectivity index is 1.16. The molecule has 5 heterocycles. The van der Waals surface area contributed by atoms with E-state index in [2.05, 4.69) is 155 Å². The number of nitrogens with zero attached hydrogens (tertiary/aromatic N) is 4. The zero-order chi connectivity index (χ0) is 33.9. The molecule has 7 aromatic carbocycles. The molecule has 0 aliphatic carbocycles. The van der Waals surface area contributed by atoms with Gasteiger partial charge in [-0.05, 0) is 60.2 Å². The van der Waals surface area contributed by atoms with E-state index in [1.165, 1.54) is 26.2 Å².